The topological polar surface area (TPSA) is 58.0 Å². The van der Waals surface area contributed by atoms with Crippen LogP contribution in [0.25, 0.3) is 10.4 Å². The van der Waals surface area contributed by atoms with Gasteiger partial charge in [-0.05, 0) is 18.9 Å². The number of hydrogen-bond acceptors (Lipinski definition) is 2. The maximum Gasteiger partial charge on any atom is 0.136 e. The van der Waals surface area contributed by atoms with E-state index >= 15 is 0 Å². The molecule has 0 N–H and O–H groups in total. The molecule has 0 aromatic rings. The first-order chi connectivity index (χ1) is 4.35. The van der Waals surface area contributed by atoms with Crippen molar-refractivity contribution in [2.24, 2.45) is 5.11 Å². The number of rotatable bonds is 4. The predicted molar refractivity (Wildman–Crippen MR) is 34.9 cm³/mol. The van der Waals surface area contributed by atoms with Crippen molar-refractivity contribution in [3.8, 4) is 0 Å². The molecule has 0 aromatic heterocycles. The van der Waals surface area contributed by atoms with Crippen LogP contribution in [0.1, 0.15) is 20.3 Å². The molecule has 0 aromatic carbocycles. The zero-order valence-electron chi connectivity index (χ0n) is 5.74. The quantitative estimate of drug-likeness (QED) is 0.325. The Morgan fingerprint density at radius 2 is 2.33 bits per heavy atom. The van der Waals surface area contributed by atoms with E-state index in [4.69, 9.17) is 10.3 Å². The van der Waals surface area contributed by atoms with Crippen LogP contribution in [0, 0.1) is 0 Å². The van der Waals surface area contributed by atoms with E-state index in [0.717, 1.165) is 6.42 Å². The monoisotopic (exact) mass is 129 g/mol. The Bertz CT molecular complexity index is 109. The molecular formula is C5H11N3O. The molecule has 0 aliphatic heterocycles. The van der Waals surface area contributed by atoms with Gasteiger partial charge in [-0.15, -0.1) is 0 Å². The van der Waals surface area contributed by atoms with E-state index in [0.29, 0.717) is 6.61 Å². The van der Waals surface area contributed by atoms with Gasteiger partial charge in [0.1, 0.15) is 6.23 Å². The Morgan fingerprint density at radius 3 is 2.67 bits per heavy atom. The predicted octanol–water partition coefficient (Wildman–Crippen LogP) is 2.07. The summed E-state index contributed by atoms with van der Waals surface area (Å²) in [5.74, 6) is 0. The molecule has 9 heavy (non-hydrogen) atoms. The molecule has 0 saturated heterocycles. The van der Waals surface area contributed by atoms with Crippen molar-refractivity contribution in [3.63, 3.8) is 0 Å². The van der Waals surface area contributed by atoms with Crippen molar-refractivity contribution in [1.29, 1.82) is 0 Å². The maximum atomic E-state index is 7.97. The summed E-state index contributed by atoms with van der Waals surface area (Å²) in [4.78, 5) is 2.63. The highest BCUT2D eigenvalue weighted by molar-refractivity contribution is 4.51. The molecule has 0 spiro atoms. The van der Waals surface area contributed by atoms with Gasteiger partial charge in [-0.1, -0.05) is 12.0 Å². The molecule has 0 aliphatic carbocycles. The van der Waals surface area contributed by atoms with Gasteiger partial charge in [-0.25, -0.2) is 0 Å². The summed E-state index contributed by atoms with van der Waals surface area (Å²) in [6.45, 7) is 4.38. The fourth-order valence-corrected chi connectivity index (χ4v) is 0.483. The second-order valence-corrected chi connectivity index (χ2v) is 1.52. The summed E-state index contributed by atoms with van der Waals surface area (Å²) in [5.41, 5.74) is 7.97. The summed E-state index contributed by atoms with van der Waals surface area (Å²) in [7, 11) is 0. The van der Waals surface area contributed by atoms with E-state index in [1.807, 2.05) is 13.8 Å². The smallest absolute Gasteiger partial charge is 0.136 e. The van der Waals surface area contributed by atoms with Gasteiger partial charge in [-0.3, -0.25) is 0 Å². The minimum absolute atomic E-state index is 0.278. The highest BCUT2D eigenvalue weighted by Gasteiger charge is 1.98. The lowest BCUT2D eigenvalue weighted by Gasteiger charge is -2.05. The lowest BCUT2D eigenvalue weighted by atomic mass is 10.4. The molecule has 0 heterocycles. The standard InChI is InChI=1S/C5H11N3O/c1-3-5(7-8-6)9-4-2/h5H,3-4H2,1-2H3. The molecule has 0 amide bonds. The van der Waals surface area contributed by atoms with E-state index in [2.05, 4.69) is 10.0 Å². The highest BCUT2D eigenvalue weighted by Crippen LogP contribution is 1.98. The van der Waals surface area contributed by atoms with Gasteiger partial charge in [-0.2, -0.15) is 0 Å². The number of azide groups is 1. The van der Waals surface area contributed by atoms with E-state index in [-0.39, 0.29) is 6.23 Å². The van der Waals surface area contributed by atoms with Gasteiger partial charge in [0.2, 0.25) is 0 Å². The first-order valence-corrected chi connectivity index (χ1v) is 3.01. The Labute approximate surface area is 54.4 Å². The molecular weight excluding hydrogens is 118 g/mol. The van der Waals surface area contributed by atoms with Crippen LogP contribution >= 0.6 is 0 Å². The largest absolute Gasteiger partial charge is 0.372 e. The van der Waals surface area contributed by atoms with Gasteiger partial charge in [0.15, 0.2) is 0 Å². The van der Waals surface area contributed by atoms with Gasteiger partial charge < -0.3 is 4.74 Å². The van der Waals surface area contributed by atoms with Gasteiger partial charge in [0, 0.05) is 11.5 Å². The first kappa shape index (κ1) is 8.27. The molecule has 0 rings (SSSR count). The van der Waals surface area contributed by atoms with Crippen LogP contribution in [0.2, 0.25) is 0 Å². The van der Waals surface area contributed by atoms with Crippen LogP contribution in [0.3, 0.4) is 0 Å². The number of nitrogens with zero attached hydrogens (tertiary/aromatic N) is 3. The van der Waals surface area contributed by atoms with Crippen molar-refractivity contribution >= 4 is 0 Å². The van der Waals surface area contributed by atoms with Crippen LogP contribution in [0.4, 0.5) is 0 Å². The summed E-state index contributed by atoms with van der Waals surface area (Å²) in [5, 5.41) is 3.39. The third kappa shape index (κ3) is 3.82. The maximum absolute atomic E-state index is 7.97. The highest BCUT2D eigenvalue weighted by atomic mass is 16.5. The van der Waals surface area contributed by atoms with Crippen molar-refractivity contribution in [3.05, 3.63) is 10.4 Å². The Hall–Kier alpha value is -0.730. The van der Waals surface area contributed by atoms with E-state index in [1.165, 1.54) is 0 Å². The second kappa shape index (κ2) is 5.41. The third-order valence-corrected chi connectivity index (χ3v) is 0.889. The van der Waals surface area contributed by atoms with E-state index < -0.39 is 0 Å². The summed E-state index contributed by atoms with van der Waals surface area (Å²) < 4.78 is 5.01. The number of hydrogen-bond donors (Lipinski definition) is 0. The molecule has 0 radical (unpaired) electrons. The summed E-state index contributed by atoms with van der Waals surface area (Å²) >= 11 is 0. The van der Waals surface area contributed by atoms with Crippen molar-refractivity contribution < 1.29 is 4.74 Å². The molecule has 1 atom stereocenters. The average Bonchev–Trinajstić information content (AvgIpc) is 1.88. The van der Waals surface area contributed by atoms with Gasteiger partial charge in [0.05, 0.1) is 0 Å². The zero-order valence-corrected chi connectivity index (χ0v) is 5.74. The van der Waals surface area contributed by atoms with Crippen molar-refractivity contribution in [2.45, 2.75) is 26.5 Å². The minimum atomic E-state index is -0.278. The minimum Gasteiger partial charge on any atom is -0.372 e. The average molecular weight is 129 g/mol. The van der Waals surface area contributed by atoms with Crippen molar-refractivity contribution in [1.82, 2.24) is 0 Å². The first-order valence-electron chi connectivity index (χ1n) is 3.01. The molecule has 4 heteroatoms. The molecule has 0 bridgehead atoms. The van der Waals surface area contributed by atoms with Crippen LogP contribution in [0.5, 0.6) is 0 Å². The van der Waals surface area contributed by atoms with E-state index in [1.54, 1.807) is 0 Å². The molecule has 0 saturated carbocycles. The summed E-state index contributed by atoms with van der Waals surface area (Å²) in [6, 6.07) is 0. The van der Waals surface area contributed by atoms with Crippen LogP contribution in [0.15, 0.2) is 5.11 Å². The summed E-state index contributed by atoms with van der Waals surface area (Å²) in [6.07, 6.45) is 0.456. The molecule has 0 aliphatic rings. The van der Waals surface area contributed by atoms with Crippen molar-refractivity contribution in [2.75, 3.05) is 6.61 Å². The Morgan fingerprint density at radius 1 is 1.67 bits per heavy atom. The lowest BCUT2D eigenvalue weighted by Crippen LogP contribution is -2.06. The lowest BCUT2D eigenvalue weighted by molar-refractivity contribution is 0.0655. The SMILES string of the molecule is CCOC(CC)N=[N+]=[N-]. The Kier molecular flexibility index (Phi) is 4.97. The zero-order chi connectivity index (χ0) is 7.11. The molecule has 1 unspecified atom stereocenters. The fraction of sp³-hybridized carbons (Fsp3) is 1.00. The van der Waals surface area contributed by atoms with Gasteiger partial charge in [0.25, 0.3) is 0 Å². The Balaban J connectivity index is 3.53. The second-order valence-electron chi connectivity index (χ2n) is 1.52. The molecule has 4 nitrogen and oxygen atoms in total. The molecule has 0 fully saturated rings. The van der Waals surface area contributed by atoms with Gasteiger partial charge >= 0.3 is 0 Å². The third-order valence-electron chi connectivity index (χ3n) is 0.889. The fourth-order valence-electron chi connectivity index (χ4n) is 0.483. The normalized spacial score (nSPS) is 12.2. The van der Waals surface area contributed by atoms with Crippen LogP contribution in [-0.4, -0.2) is 12.8 Å². The van der Waals surface area contributed by atoms with Crippen LogP contribution in [-0.2, 0) is 4.74 Å². The molecule has 52 valence electrons. The van der Waals surface area contributed by atoms with Crippen LogP contribution < -0.4 is 0 Å². The van der Waals surface area contributed by atoms with E-state index in [9.17, 15) is 0 Å². The number of ether oxygens (including phenoxy) is 1.